The van der Waals surface area contributed by atoms with Gasteiger partial charge >= 0.3 is 0 Å². The van der Waals surface area contributed by atoms with E-state index in [0.29, 0.717) is 11.1 Å². The lowest BCUT2D eigenvalue weighted by Gasteiger charge is -2.52. The van der Waals surface area contributed by atoms with E-state index in [2.05, 4.69) is 13.8 Å². The first-order valence-corrected chi connectivity index (χ1v) is 7.01. The molecule has 106 valence electrons. The van der Waals surface area contributed by atoms with E-state index in [9.17, 15) is 8.78 Å². The molecular weight excluding hydrogens is 246 g/mol. The van der Waals surface area contributed by atoms with E-state index < -0.39 is 11.6 Å². The second-order valence-electron chi connectivity index (χ2n) is 5.68. The number of hydrogen-bond donors (Lipinski definition) is 1. The largest absolute Gasteiger partial charge is 0.396 e. The molecule has 0 unspecified atom stereocenters. The molecule has 0 aromatic heterocycles. The van der Waals surface area contributed by atoms with Crippen molar-refractivity contribution in [2.75, 3.05) is 23.7 Å². The highest BCUT2D eigenvalue weighted by Crippen LogP contribution is 2.43. The Balaban J connectivity index is 2.13. The fourth-order valence-electron chi connectivity index (χ4n) is 3.23. The van der Waals surface area contributed by atoms with Crippen molar-refractivity contribution in [3.63, 3.8) is 0 Å². The Labute approximate surface area is 113 Å². The molecule has 1 aliphatic heterocycles. The zero-order chi connectivity index (χ0) is 14.0. The summed E-state index contributed by atoms with van der Waals surface area (Å²) in [7, 11) is 0. The van der Waals surface area contributed by atoms with Crippen LogP contribution in [-0.4, -0.2) is 13.1 Å². The van der Waals surface area contributed by atoms with E-state index in [1.54, 1.807) is 0 Å². The summed E-state index contributed by atoms with van der Waals surface area (Å²) in [6, 6.07) is 2.29. The van der Waals surface area contributed by atoms with Crippen molar-refractivity contribution in [2.24, 2.45) is 5.41 Å². The van der Waals surface area contributed by atoms with Crippen molar-refractivity contribution in [2.45, 2.75) is 39.5 Å². The highest BCUT2D eigenvalue weighted by molar-refractivity contribution is 5.59. The predicted octanol–water partition coefficient (Wildman–Crippen LogP) is 3.95. The maximum Gasteiger partial charge on any atom is 0.149 e. The number of nitrogens with zero attached hydrogens (tertiary/aromatic N) is 1. The molecule has 1 aromatic rings. The molecule has 0 atom stereocenters. The summed E-state index contributed by atoms with van der Waals surface area (Å²) in [5.41, 5.74) is 6.27. The van der Waals surface area contributed by atoms with Gasteiger partial charge in [-0.1, -0.05) is 26.7 Å². The Morgan fingerprint density at radius 2 is 1.68 bits per heavy atom. The maximum atomic E-state index is 13.8. The quantitative estimate of drug-likeness (QED) is 0.819. The Hall–Kier alpha value is -1.32. The van der Waals surface area contributed by atoms with E-state index in [-0.39, 0.29) is 5.69 Å². The molecule has 0 amide bonds. The van der Waals surface area contributed by atoms with Gasteiger partial charge in [0.05, 0.1) is 11.4 Å². The summed E-state index contributed by atoms with van der Waals surface area (Å²) < 4.78 is 26.9. The van der Waals surface area contributed by atoms with Gasteiger partial charge in [0.2, 0.25) is 0 Å². The van der Waals surface area contributed by atoms with Crippen LogP contribution in [0.15, 0.2) is 12.1 Å². The molecule has 2 N–H and O–H groups in total. The third kappa shape index (κ3) is 2.67. The van der Waals surface area contributed by atoms with Crippen LogP contribution in [0, 0.1) is 17.0 Å². The highest BCUT2D eigenvalue weighted by Gasteiger charge is 2.42. The first-order chi connectivity index (χ1) is 9.01. The molecule has 0 radical (unpaired) electrons. The minimum atomic E-state index is -0.685. The molecule has 1 fully saturated rings. The van der Waals surface area contributed by atoms with Crippen molar-refractivity contribution in [1.82, 2.24) is 0 Å². The molecule has 0 saturated carbocycles. The number of rotatable bonds is 5. The summed E-state index contributed by atoms with van der Waals surface area (Å²) in [5.74, 6) is -1.21. The van der Waals surface area contributed by atoms with E-state index in [4.69, 9.17) is 5.73 Å². The number of nitrogen functional groups attached to an aromatic ring is 1. The molecule has 0 bridgehead atoms. The van der Waals surface area contributed by atoms with Crippen LogP contribution in [0.25, 0.3) is 0 Å². The SMILES string of the molecule is CCCC1(CCC)CN(c2cc(N)c(F)cc2F)C1. The Bertz CT molecular complexity index is 446. The van der Waals surface area contributed by atoms with Crippen molar-refractivity contribution < 1.29 is 8.78 Å². The van der Waals surface area contributed by atoms with Crippen LogP contribution in [0.4, 0.5) is 20.2 Å². The predicted molar refractivity (Wildman–Crippen MR) is 75.2 cm³/mol. The van der Waals surface area contributed by atoms with Gasteiger partial charge in [0.1, 0.15) is 11.6 Å². The number of anilines is 2. The third-order valence-corrected chi connectivity index (χ3v) is 4.02. The second-order valence-corrected chi connectivity index (χ2v) is 5.68. The monoisotopic (exact) mass is 268 g/mol. The molecular formula is C15H22F2N2. The van der Waals surface area contributed by atoms with E-state index >= 15 is 0 Å². The average Bonchev–Trinajstić information content (AvgIpc) is 2.31. The molecule has 1 aromatic carbocycles. The molecule has 1 saturated heterocycles. The van der Waals surface area contributed by atoms with Gasteiger partial charge in [-0.15, -0.1) is 0 Å². The summed E-state index contributed by atoms with van der Waals surface area (Å²) in [6.07, 6.45) is 4.61. The van der Waals surface area contributed by atoms with Gasteiger partial charge in [-0.3, -0.25) is 0 Å². The topological polar surface area (TPSA) is 29.3 Å². The molecule has 0 spiro atoms. The van der Waals surface area contributed by atoms with Gasteiger partial charge in [0.15, 0.2) is 0 Å². The average molecular weight is 268 g/mol. The van der Waals surface area contributed by atoms with Gasteiger partial charge in [-0.25, -0.2) is 8.78 Å². The second kappa shape index (κ2) is 5.35. The van der Waals surface area contributed by atoms with E-state index in [1.165, 1.54) is 6.07 Å². The number of halogens is 2. The standard InChI is InChI=1S/C15H22F2N2/c1-3-5-15(6-4-2)9-19(10-15)14-8-13(18)11(16)7-12(14)17/h7-8H,3-6,9-10,18H2,1-2H3. The summed E-state index contributed by atoms with van der Waals surface area (Å²) >= 11 is 0. The Morgan fingerprint density at radius 1 is 1.11 bits per heavy atom. The summed E-state index contributed by atoms with van der Waals surface area (Å²) in [4.78, 5) is 1.97. The molecule has 2 rings (SSSR count). The van der Waals surface area contributed by atoms with Crippen molar-refractivity contribution in [3.8, 4) is 0 Å². The van der Waals surface area contributed by atoms with E-state index in [0.717, 1.165) is 44.8 Å². The third-order valence-electron chi connectivity index (χ3n) is 4.02. The van der Waals surface area contributed by atoms with Gasteiger partial charge in [-0.2, -0.15) is 0 Å². The minimum Gasteiger partial charge on any atom is -0.396 e. The summed E-state index contributed by atoms with van der Waals surface area (Å²) in [6.45, 7) is 6.04. The zero-order valence-electron chi connectivity index (χ0n) is 11.7. The van der Waals surface area contributed by atoms with Gasteiger partial charge in [0.25, 0.3) is 0 Å². The van der Waals surface area contributed by atoms with Gasteiger partial charge < -0.3 is 10.6 Å². The normalized spacial score (nSPS) is 17.4. The summed E-state index contributed by atoms with van der Waals surface area (Å²) in [5, 5.41) is 0. The Morgan fingerprint density at radius 3 is 2.21 bits per heavy atom. The smallest absolute Gasteiger partial charge is 0.149 e. The van der Waals surface area contributed by atoms with Crippen LogP contribution in [-0.2, 0) is 0 Å². The molecule has 1 heterocycles. The van der Waals surface area contributed by atoms with Crippen LogP contribution in [0.3, 0.4) is 0 Å². The fraction of sp³-hybridized carbons (Fsp3) is 0.600. The van der Waals surface area contributed by atoms with Crippen LogP contribution in [0.1, 0.15) is 39.5 Å². The minimum absolute atomic E-state index is 0.0138. The lowest BCUT2D eigenvalue weighted by molar-refractivity contribution is 0.172. The molecule has 19 heavy (non-hydrogen) atoms. The maximum absolute atomic E-state index is 13.8. The number of benzene rings is 1. The van der Waals surface area contributed by atoms with Crippen LogP contribution in [0.2, 0.25) is 0 Å². The molecule has 4 heteroatoms. The highest BCUT2D eigenvalue weighted by atomic mass is 19.1. The number of nitrogens with two attached hydrogens (primary N) is 1. The van der Waals surface area contributed by atoms with Crippen LogP contribution < -0.4 is 10.6 Å². The van der Waals surface area contributed by atoms with Crippen molar-refractivity contribution >= 4 is 11.4 Å². The van der Waals surface area contributed by atoms with Gasteiger partial charge in [0, 0.05) is 24.6 Å². The first-order valence-electron chi connectivity index (χ1n) is 7.01. The molecule has 0 aliphatic carbocycles. The van der Waals surface area contributed by atoms with Crippen molar-refractivity contribution in [1.29, 1.82) is 0 Å². The lowest BCUT2D eigenvalue weighted by atomic mass is 9.72. The first kappa shape index (κ1) is 14.1. The van der Waals surface area contributed by atoms with Gasteiger partial charge in [-0.05, 0) is 18.9 Å². The Kier molecular flexibility index (Phi) is 3.97. The lowest BCUT2D eigenvalue weighted by Crippen LogP contribution is -2.56. The van der Waals surface area contributed by atoms with E-state index in [1.807, 2.05) is 4.90 Å². The zero-order valence-corrected chi connectivity index (χ0v) is 11.7. The number of hydrogen-bond acceptors (Lipinski definition) is 2. The fourth-order valence-corrected chi connectivity index (χ4v) is 3.23. The van der Waals surface area contributed by atoms with Crippen LogP contribution >= 0.6 is 0 Å². The molecule has 2 nitrogen and oxygen atoms in total. The molecule has 1 aliphatic rings. The van der Waals surface area contributed by atoms with Crippen LogP contribution in [0.5, 0.6) is 0 Å². The van der Waals surface area contributed by atoms with Crippen molar-refractivity contribution in [3.05, 3.63) is 23.8 Å².